The van der Waals surface area contributed by atoms with Crippen molar-refractivity contribution in [1.82, 2.24) is 5.32 Å². The maximum atomic E-state index is 12.8. The van der Waals surface area contributed by atoms with Crippen LogP contribution in [0.5, 0.6) is 5.75 Å². The van der Waals surface area contributed by atoms with Crippen LogP contribution in [0.2, 0.25) is 5.02 Å². The van der Waals surface area contributed by atoms with Gasteiger partial charge in [-0.15, -0.1) is 0 Å². The molecule has 0 saturated heterocycles. The van der Waals surface area contributed by atoms with Crippen molar-refractivity contribution in [2.75, 3.05) is 17.7 Å². The summed E-state index contributed by atoms with van der Waals surface area (Å²) in [5.74, 6) is -0.0744. The lowest BCUT2D eigenvalue weighted by atomic mass is 10.1. The number of nitrogens with one attached hydrogen (secondary N) is 1. The molecule has 2 unspecified atom stereocenters. The highest BCUT2D eigenvalue weighted by Gasteiger charge is 2.31. The standard InChI is InChI=1S/C21H27ClN2O4S/c1-15(10-11-17-8-6-5-7-9-17)23-21(25)16(2)24(29(4,26)27)19-14-18(22)12-13-20(19)28-3/h5-9,12-16H,10-11H2,1-4H3,(H,23,25). The fourth-order valence-electron chi connectivity index (χ4n) is 3.08. The van der Waals surface area contributed by atoms with Gasteiger partial charge in [0.15, 0.2) is 0 Å². The molecule has 0 aliphatic carbocycles. The Morgan fingerprint density at radius 1 is 1.17 bits per heavy atom. The molecule has 2 aromatic rings. The van der Waals surface area contributed by atoms with E-state index in [1.165, 1.54) is 18.7 Å². The number of hydrogen-bond donors (Lipinski definition) is 1. The van der Waals surface area contributed by atoms with E-state index in [0.29, 0.717) is 10.8 Å². The third-order valence-corrected chi connectivity index (χ3v) is 6.03. The normalized spacial score (nSPS) is 13.4. The summed E-state index contributed by atoms with van der Waals surface area (Å²) in [6.45, 7) is 3.44. The summed E-state index contributed by atoms with van der Waals surface area (Å²) in [7, 11) is -2.33. The SMILES string of the molecule is COc1ccc(Cl)cc1N(C(C)C(=O)NC(C)CCc1ccccc1)S(C)(=O)=O. The lowest BCUT2D eigenvalue weighted by Gasteiger charge is -2.30. The number of anilines is 1. The van der Waals surface area contributed by atoms with Crippen LogP contribution in [0.1, 0.15) is 25.8 Å². The van der Waals surface area contributed by atoms with E-state index < -0.39 is 22.0 Å². The molecule has 1 N–H and O–H groups in total. The van der Waals surface area contributed by atoms with E-state index in [1.54, 1.807) is 19.1 Å². The van der Waals surface area contributed by atoms with E-state index in [1.807, 2.05) is 37.3 Å². The highest BCUT2D eigenvalue weighted by Crippen LogP contribution is 2.34. The van der Waals surface area contributed by atoms with Crippen LogP contribution in [-0.4, -0.2) is 39.8 Å². The average molecular weight is 439 g/mol. The molecule has 6 nitrogen and oxygen atoms in total. The predicted molar refractivity (Wildman–Crippen MR) is 117 cm³/mol. The predicted octanol–water partition coefficient (Wildman–Crippen LogP) is 3.64. The molecule has 8 heteroatoms. The molecule has 0 aromatic heterocycles. The molecule has 2 aromatic carbocycles. The van der Waals surface area contributed by atoms with Gasteiger partial charge in [0.25, 0.3) is 0 Å². The average Bonchev–Trinajstić information content (AvgIpc) is 2.66. The summed E-state index contributed by atoms with van der Waals surface area (Å²) in [5, 5.41) is 3.25. The first-order valence-electron chi connectivity index (χ1n) is 9.30. The molecule has 0 aliphatic rings. The van der Waals surface area contributed by atoms with Crippen molar-refractivity contribution in [3.8, 4) is 5.75 Å². The Morgan fingerprint density at radius 2 is 1.83 bits per heavy atom. The number of carbonyl (C=O) groups excluding carboxylic acids is 1. The number of rotatable bonds is 9. The van der Waals surface area contributed by atoms with Crippen LogP contribution in [0, 0.1) is 0 Å². The summed E-state index contributed by atoms with van der Waals surface area (Å²) < 4.78 is 31.3. The molecule has 29 heavy (non-hydrogen) atoms. The molecule has 0 radical (unpaired) electrons. The summed E-state index contributed by atoms with van der Waals surface area (Å²) in [6, 6.07) is 13.5. The van der Waals surface area contributed by atoms with Crippen LogP contribution >= 0.6 is 11.6 Å². The Hall–Kier alpha value is -2.25. The van der Waals surface area contributed by atoms with Gasteiger partial charge in [0.2, 0.25) is 15.9 Å². The first-order valence-corrected chi connectivity index (χ1v) is 11.5. The van der Waals surface area contributed by atoms with Crippen molar-refractivity contribution in [1.29, 1.82) is 0 Å². The summed E-state index contributed by atoms with van der Waals surface area (Å²) in [6.07, 6.45) is 2.60. The highest BCUT2D eigenvalue weighted by molar-refractivity contribution is 7.92. The van der Waals surface area contributed by atoms with Gasteiger partial charge in [-0.3, -0.25) is 9.10 Å². The van der Waals surface area contributed by atoms with Gasteiger partial charge in [0, 0.05) is 11.1 Å². The Balaban J connectivity index is 2.16. The van der Waals surface area contributed by atoms with Gasteiger partial charge in [-0.1, -0.05) is 41.9 Å². The number of sulfonamides is 1. The number of methoxy groups -OCH3 is 1. The number of amides is 1. The third kappa shape index (κ3) is 6.37. The van der Waals surface area contributed by atoms with Gasteiger partial charge >= 0.3 is 0 Å². The van der Waals surface area contributed by atoms with Gasteiger partial charge in [-0.05, 0) is 50.5 Å². The van der Waals surface area contributed by atoms with Crippen molar-refractivity contribution in [3.05, 3.63) is 59.1 Å². The minimum Gasteiger partial charge on any atom is -0.495 e. The first kappa shape index (κ1) is 23.0. The van der Waals surface area contributed by atoms with E-state index in [4.69, 9.17) is 16.3 Å². The molecule has 0 heterocycles. The number of benzene rings is 2. The van der Waals surface area contributed by atoms with Crippen molar-refractivity contribution in [2.24, 2.45) is 0 Å². The van der Waals surface area contributed by atoms with Crippen molar-refractivity contribution >= 4 is 33.2 Å². The maximum absolute atomic E-state index is 12.8. The molecular formula is C21H27ClN2O4S. The Morgan fingerprint density at radius 3 is 2.41 bits per heavy atom. The highest BCUT2D eigenvalue weighted by atomic mass is 35.5. The second-order valence-electron chi connectivity index (χ2n) is 6.98. The van der Waals surface area contributed by atoms with E-state index in [9.17, 15) is 13.2 Å². The van der Waals surface area contributed by atoms with E-state index in [-0.39, 0.29) is 11.7 Å². The molecule has 2 atom stereocenters. The fourth-order valence-corrected chi connectivity index (χ4v) is 4.42. The van der Waals surface area contributed by atoms with Crippen LogP contribution in [0.15, 0.2) is 48.5 Å². The van der Waals surface area contributed by atoms with Crippen molar-refractivity contribution in [3.63, 3.8) is 0 Å². The van der Waals surface area contributed by atoms with Gasteiger partial charge in [-0.2, -0.15) is 0 Å². The number of halogens is 1. The van der Waals surface area contributed by atoms with Gasteiger partial charge < -0.3 is 10.1 Å². The van der Waals surface area contributed by atoms with Crippen molar-refractivity contribution in [2.45, 2.75) is 38.8 Å². The van der Waals surface area contributed by atoms with E-state index >= 15 is 0 Å². The molecule has 0 spiro atoms. The Labute approximate surface area is 177 Å². The lowest BCUT2D eigenvalue weighted by Crippen LogP contribution is -2.50. The van der Waals surface area contributed by atoms with Crippen LogP contribution in [0.4, 0.5) is 5.69 Å². The molecule has 0 bridgehead atoms. The molecule has 0 fully saturated rings. The van der Waals surface area contributed by atoms with Crippen LogP contribution in [-0.2, 0) is 21.2 Å². The number of carbonyl (C=O) groups is 1. The molecule has 1 amide bonds. The molecular weight excluding hydrogens is 412 g/mol. The fraction of sp³-hybridized carbons (Fsp3) is 0.381. The zero-order valence-electron chi connectivity index (χ0n) is 17.1. The quantitative estimate of drug-likeness (QED) is 0.648. The minimum atomic E-state index is -3.77. The molecule has 0 saturated carbocycles. The zero-order chi connectivity index (χ0) is 21.6. The van der Waals surface area contributed by atoms with Crippen LogP contribution in [0.3, 0.4) is 0 Å². The lowest BCUT2D eigenvalue weighted by molar-refractivity contribution is -0.122. The van der Waals surface area contributed by atoms with Gasteiger partial charge in [0.05, 0.1) is 19.1 Å². The second-order valence-corrected chi connectivity index (χ2v) is 9.28. The second kappa shape index (κ2) is 9.98. The largest absolute Gasteiger partial charge is 0.495 e. The van der Waals surface area contributed by atoms with Gasteiger partial charge in [0.1, 0.15) is 11.8 Å². The summed E-state index contributed by atoms with van der Waals surface area (Å²) in [5.41, 5.74) is 1.41. The minimum absolute atomic E-state index is 0.118. The van der Waals surface area contributed by atoms with Crippen LogP contribution < -0.4 is 14.4 Å². The zero-order valence-corrected chi connectivity index (χ0v) is 18.6. The number of hydrogen-bond acceptors (Lipinski definition) is 4. The number of nitrogens with zero attached hydrogens (tertiary/aromatic N) is 1. The van der Waals surface area contributed by atoms with E-state index in [2.05, 4.69) is 5.32 Å². The molecule has 158 valence electrons. The molecule has 0 aliphatic heterocycles. The summed E-state index contributed by atoms with van der Waals surface area (Å²) in [4.78, 5) is 12.8. The molecule has 2 rings (SSSR count). The summed E-state index contributed by atoms with van der Waals surface area (Å²) >= 11 is 6.06. The van der Waals surface area contributed by atoms with Crippen molar-refractivity contribution < 1.29 is 17.9 Å². The van der Waals surface area contributed by atoms with E-state index in [0.717, 1.165) is 23.4 Å². The first-order chi connectivity index (χ1) is 13.6. The van der Waals surface area contributed by atoms with Crippen LogP contribution in [0.25, 0.3) is 0 Å². The topological polar surface area (TPSA) is 75.7 Å². The smallest absolute Gasteiger partial charge is 0.243 e. The number of aryl methyl sites for hydroxylation is 1. The Bertz CT molecular complexity index is 935. The Kier molecular flexibility index (Phi) is 7.93. The maximum Gasteiger partial charge on any atom is 0.243 e. The number of ether oxygens (including phenoxy) is 1. The van der Waals surface area contributed by atoms with Gasteiger partial charge in [-0.25, -0.2) is 8.42 Å². The third-order valence-electron chi connectivity index (χ3n) is 4.56. The monoisotopic (exact) mass is 438 g/mol.